The molecule has 0 aliphatic heterocycles. The van der Waals surface area contributed by atoms with Crippen molar-refractivity contribution in [2.75, 3.05) is 26.7 Å². The van der Waals surface area contributed by atoms with Gasteiger partial charge in [0.25, 0.3) is 0 Å². The normalized spacial score (nSPS) is 9.87. The summed E-state index contributed by atoms with van der Waals surface area (Å²) in [6.45, 7) is 7.60. The van der Waals surface area contributed by atoms with Crippen LogP contribution in [0.4, 0.5) is 0 Å². The molecule has 0 atom stereocenters. The Hall–Kier alpha value is -1.06. The zero-order valence-corrected chi connectivity index (χ0v) is 10.2. The molecule has 0 bridgehead atoms. The highest BCUT2D eigenvalue weighted by Crippen LogP contribution is 1.98. The molecule has 0 aromatic carbocycles. The Morgan fingerprint density at radius 2 is 1.73 bits per heavy atom. The lowest BCUT2D eigenvalue weighted by Gasteiger charge is -2.21. The highest BCUT2D eigenvalue weighted by Gasteiger charge is 2.11. The molecule has 0 aliphatic rings. The maximum atomic E-state index is 11.7. The quantitative estimate of drug-likeness (QED) is 0.664. The van der Waals surface area contributed by atoms with E-state index >= 15 is 0 Å². The Morgan fingerprint density at radius 1 is 1.13 bits per heavy atom. The maximum Gasteiger partial charge on any atom is 0.224 e. The van der Waals surface area contributed by atoms with E-state index < -0.39 is 0 Å². The van der Waals surface area contributed by atoms with E-state index in [1.165, 1.54) is 6.92 Å². The van der Waals surface area contributed by atoms with Gasteiger partial charge in [0.15, 0.2) is 0 Å². The van der Waals surface area contributed by atoms with Crippen molar-refractivity contribution in [2.45, 2.75) is 33.6 Å². The fourth-order valence-electron chi connectivity index (χ4n) is 1.31. The van der Waals surface area contributed by atoms with Crippen molar-refractivity contribution in [3.8, 4) is 0 Å². The second-order valence-corrected chi connectivity index (χ2v) is 3.66. The van der Waals surface area contributed by atoms with Gasteiger partial charge < -0.3 is 9.80 Å². The van der Waals surface area contributed by atoms with Crippen molar-refractivity contribution < 1.29 is 9.59 Å². The molecule has 0 aliphatic carbocycles. The largest absolute Gasteiger partial charge is 0.345 e. The number of rotatable bonds is 6. The summed E-state index contributed by atoms with van der Waals surface area (Å²) in [5.74, 6) is 0.133. The zero-order chi connectivity index (χ0) is 11.8. The van der Waals surface area contributed by atoms with Crippen LogP contribution in [0.2, 0.25) is 0 Å². The van der Waals surface area contributed by atoms with Crippen LogP contribution in [-0.4, -0.2) is 48.3 Å². The lowest BCUT2D eigenvalue weighted by Crippen LogP contribution is -2.35. The van der Waals surface area contributed by atoms with Gasteiger partial charge in [0, 0.05) is 40.0 Å². The topological polar surface area (TPSA) is 40.6 Å². The minimum absolute atomic E-state index is 0.00124. The van der Waals surface area contributed by atoms with E-state index in [0.717, 1.165) is 19.5 Å². The first-order valence-corrected chi connectivity index (χ1v) is 5.52. The molecule has 0 unspecified atom stereocenters. The molecule has 0 aromatic rings. The van der Waals surface area contributed by atoms with Crippen LogP contribution in [0, 0.1) is 0 Å². The zero-order valence-electron chi connectivity index (χ0n) is 10.2. The fraction of sp³-hybridized carbons (Fsp3) is 0.818. The average Bonchev–Trinajstić information content (AvgIpc) is 2.21. The number of carbonyl (C=O) groups excluding carboxylic acids is 2. The van der Waals surface area contributed by atoms with Crippen LogP contribution in [0.15, 0.2) is 0 Å². The molecule has 2 amide bonds. The number of hydrogen-bond acceptors (Lipinski definition) is 2. The van der Waals surface area contributed by atoms with Crippen LogP contribution in [-0.2, 0) is 9.59 Å². The Kier molecular flexibility index (Phi) is 6.75. The van der Waals surface area contributed by atoms with Crippen molar-refractivity contribution >= 4 is 11.8 Å². The van der Waals surface area contributed by atoms with E-state index in [4.69, 9.17) is 0 Å². The summed E-state index contributed by atoms with van der Waals surface area (Å²) < 4.78 is 0. The molecule has 0 aromatic heterocycles. The van der Waals surface area contributed by atoms with E-state index in [-0.39, 0.29) is 11.8 Å². The van der Waals surface area contributed by atoms with Crippen molar-refractivity contribution in [3.63, 3.8) is 0 Å². The van der Waals surface area contributed by atoms with E-state index in [1.807, 2.05) is 11.8 Å². The van der Waals surface area contributed by atoms with Gasteiger partial charge in [-0.15, -0.1) is 0 Å². The fourth-order valence-corrected chi connectivity index (χ4v) is 1.31. The molecular formula is C11H22N2O2. The van der Waals surface area contributed by atoms with Gasteiger partial charge in [-0.3, -0.25) is 9.59 Å². The molecule has 0 saturated heterocycles. The molecule has 4 heteroatoms. The SMILES string of the molecule is CCCN(CC)C(=O)CCN(C)C(C)=O. The van der Waals surface area contributed by atoms with Crippen LogP contribution < -0.4 is 0 Å². The van der Waals surface area contributed by atoms with E-state index in [1.54, 1.807) is 11.9 Å². The summed E-state index contributed by atoms with van der Waals surface area (Å²) in [6.07, 6.45) is 1.39. The summed E-state index contributed by atoms with van der Waals surface area (Å²) in [4.78, 5) is 26.0. The Labute approximate surface area is 92.2 Å². The van der Waals surface area contributed by atoms with Crippen LogP contribution in [0.3, 0.4) is 0 Å². The van der Waals surface area contributed by atoms with Crippen molar-refractivity contribution in [1.29, 1.82) is 0 Å². The molecular weight excluding hydrogens is 192 g/mol. The van der Waals surface area contributed by atoms with E-state index in [9.17, 15) is 9.59 Å². The predicted molar refractivity (Wildman–Crippen MR) is 60.5 cm³/mol. The second-order valence-electron chi connectivity index (χ2n) is 3.66. The summed E-state index contributed by atoms with van der Waals surface area (Å²) in [5.41, 5.74) is 0. The first-order chi connectivity index (χ1) is 7.02. The third kappa shape index (κ3) is 5.40. The minimum Gasteiger partial charge on any atom is -0.345 e. The first-order valence-electron chi connectivity index (χ1n) is 5.52. The standard InChI is InChI=1S/C11H22N2O2/c1-5-8-13(6-2)11(15)7-9-12(4)10(3)14/h5-9H2,1-4H3. The Bertz CT molecular complexity index is 217. The number of hydrogen-bond donors (Lipinski definition) is 0. The van der Waals surface area contributed by atoms with Gasteiger partial charge in [-0.1, -0.05) is 6.92 Å². The second kappa shape index (κ2) is 7.26. The van der Waals surface area contributed by atoms with E-state index in [2.05, 4.69) is 6.92 Å². The molecule has 15 heavy (non-hydrogen) atoms. The van der Waals surface area contributed by atoms with Gasteiger partial charge in [-0.05, 0) is 13.3 Å². The predicted octanol–water partition coefficient (Wildman–Crippen LogP) is 1.11. The van der Waals surface area contributed by atoms with Crippen LogP contribution in [0.1, 0.15) is 33.6 Å². The number of carbonyl (C=O) groups is 2. The van der Waals surface area contributed by atoms with Gasteiger partial charge in [0.2, 0.25) is 11.8 Å². The monoisotopic (exact) mass is 214 g/mol. The van der Waals surface area contributed by atoms with Crippen LogP contribution >= 0.6 is 0 Å². The maximum absolute atomic E-state index is 11.7. The molecule has 4 nitrogen and oxygen atoms in total. The van der Waals surface area contributed by atoms with Crippen LogP contribution in [0.25, 0.3) is 0 Å². The van der Waals surface area contributed by atoms with Gasteiger partial charge in [-0.2, -0.15) is 0 Å². The number of amides is 2. The lowest BCUT2D eigenvalue weighted by atomic mass is 10.3. The highest BCUT2D eigenvalue weighted by molar-refractivity contribution is 5.78. The molecule has 0 saturated carbocycles. The van der Waals surface area contributed by atoms with Crippen molar-refractivity contribution in [3.05, 3.63) is 0 Å². The van der Waals surface area contributed by atoms with Gasteiger partial charge in [0.1, 0.15) is 0 Å². The third-order valence-corrected chi connectivity index (χ3v) is 2.43. The molecule has 0 heterocycles. The molecule has 0 rings (SSSR count). The van der Waals surface area contributed by atoms with Crippen molar-refractivity contribution in [2.24, 2.45) is 0 Å². The molecule has 0 N–H and O–H groups in total. The summed E-state index contributed by atoms with van der Waals surface area (Å²) >= 11 is 0. The van der Waals surface area contributed by atoms with Gasteiger partial charge in [0.05, 0.1) is 0 Å². The lowest BCUT2D eigenvalue weighted by molar-refractivity contribution is -0.132. The molecule has 0 fully saturated rings. The smallest absolute Gasteiger partial charge is 0.224 e. The Morgan fingerprint density at radius 3 is 2.13 bits per heavy atom. The molecule has 0 radical (unpaired) electrons. The van der Waals surface area contributed by atoms with Gasteiger partial charge in [-0.25, -0.2) is 0 Å². The van der Waals surface area contributed by atoms with Crippen molar-refractivity contribution in [1.82, 2.24) is 9.80 Å². The average molecular weight is 214 g/mol. The van der Waals surface area contributed by atoms with Gasteiger partial charge >= 0.3 is 0 Å². The summed E-state index contributed by atoms with van der Waals surface area (Å²) in [5, 5.41) is 0. The first kappa shape index (κ1) is 13.9. The summed E-state index contributed by atoms with van der Waals surface area (Å²) in [6, 6.07) is 0. The third-order valence-electron chi connectivity index (χ3n) is 2.43. The van der Waals surface area contributed by atoms with Crippen LogP contribution in [0.5, 0.6) is 0 Å². The van der Waals surface area contributed by atoms with E-state index in [0.29, 0.717) is 13.0 Å². The Balaban J connectivity index is 3.95. The number of nitrogens with zero attached hydrogens (tertiary/aromatic N) is 2. The molecule has 88 valence electrons. The minimum atomic E-state index is 0.00124. The summed E-state index contributed by atoms with van der Waals surface area (Å²) in [7, 11) is 1.71. The highest BCUT2D eigenvalue weighted by atomic mass is 16.2. The molecule has 0 spiro atoms.